The number of carbonyl (C=O) groups is 1. The van der Waals surface area contributed by atoms with Crippen LogP contribution in [0.5, 0.6) is 0 Å². The van der Waals surface area contributed by atoms with Crippen molar-refractivity contribution in [3.63, 3.8) is 0 Å². The second-order valence-electron chi connectivity index (χ2n) is 7.60. The first-order valence-electron chi connectivity index (χ1n) is 10.1. The quantitative estimate of drug-likeness (QED) is 0.596. The van der Waals surface area contributed by atoms with Gasteiger partial charge in [-0.2, -0.15) is 0 Å². The largest absolute Gasteiger partial charge is 0.368 e. The van der Waals surface area contributed by atoms with Crippen molar-refractivity contribution in [2.45, 2.75) is 12.6 Å². The molecule has 3 aromatic rings. The standard InChI is InChI=1S/C22H23FN6O3/c1-27(2)21-25-12-17(15-5-3-6-16(23)11-15)20(26-21)18-13-28(9-10-32-18)19(30)14-29-8-4-7-24-22(29)31/h3-8,11-12,18H,9-10,13-14H2,1-2H3. The molecule has 0 radical (unpaired) electrons. The number of amides is 1. The topological polar surface area (TPSA) is 93.5 Å². The van der Waals surface area contributed by atoms with E-state index in [4.69, 9.17) is 4.74 Å². The lowest BCUT2D eigenvalue weighted by Crippen LogP contribution is -2.45. The van der Waals surface area contributed by atoms with Gasteiger partial charge < -0.3 is 14.5 Å². The Hall–Kier alpha value is -3.66. The van der Waals surface area contributed by atoms with Crippen LogP contribution in [0.3, 0.4) is 0 Å². The first-order valence-corrected chi connectivity index (χ1v) is 10.1. The minimum Gasteiger partial charge on any atom is -0.368 e. The number of hydrogen-bond donors (Lipinski definition) is 0. The van der Waals surface area contributed by atoms with Gasteiger partial charge in [-0.1, -0.05) is 12.1 Å². The highest BCUT2D eigenvalue weighted by Gasteiger charge is 2.29. The minimum atomic E-state index is -0.529. The van der Waals surface area contributed by atoms with E-state index in [1.54, 1.807) is 34.2 Å². The summed E-state index contributed by atoms with van der Waals surface area (Å²) in [5.74, 6) is -0.106. The molecule has 1 unspecified atom stereocenters. The summed E-state index contributed by atoms with van der Waals surface area (Å²) in [5.41, 5.74) is 1.35. The van der Waals surface area contributed by atoms with Crippen LogP contribution in [0.2, 0.25) is 0 Å². The number of hydrogen-bond acceptors (Lipinski definition) is 7. The van der Waals surface area contributed by atoms with Gasteiger partial charge in [0.2, 0.25) is 11.9 Å². The van der Waals surface area contributed by atoms with Gasteiger partial charge in [0.15, 0.2) is 0 Å². The Labute approximate surface area is 184 Å². The zero-order valence-electron chi connectivity index (χ0n) is 17.8. The van der Waals surface area contributed by atoms with Gasteiger partial charge in [0.05, 0.1) is 18.8 Å². The molecule has 1 saturated heterocycles. The maximum atomic E-state index is 13.9. The summed E-state index contributed by atoms with van der Waals surface area (Å²) in [4.78, 5) is 40.8. The number of carbonyl (C=O) groups excluding carboxylic acids is 1. The Morgan fingerprint density at radius 1 is 1.28 bits per heavy atom. The second-order valence-corrected chi connectivity index (χ2v) is 7.60. The number of morpholine rings is 1. The molecule has 0 aliphatic carbocycles. The van der Waals surface area contributed by atoms with Gasteiger partial charge in [-0.05, 0) is 23.8 Å². The molecule has 1 fully saturated rings. The fraction of sp³-hybridized carbons (Fsp3) is 0.318. The van der Waals surface area contributed by atoms with Crippen LogP contribution < -0.4 is 10.6 Å². The third-order valence-electron chi connectivity index (χ3n) is 5.15. The van der Waals surface area contributed by atoms with Crippen molar-refractivity contribution >= 4 is 11.9 Å². The zero-order chi connectivity index (χ0) is 22.7. The SMILES string of the molecule is CN(C)c1ncc(-c2cccc(F)c2)c(C2CN(C(=O)Cn3cccnc3=O)CCO2)n1. The number of anilines is 1. The molecule has 10 heteroatoms. The highest BCUT2D eigenvalue weighted by atomic mass is 19.1. The molecule has 1 aliphatic heterocycles. The van der Waals surface area contributed by atoms with Gasteiger partial charge >= 0.3 is 5.69 Å². The van der Waals surface area contributed by atoms with Crippen molar-refractivity contribution in [3.05, 3.63) is 70.9 Å². The first-order chi connectivity index (χ1) is 15.4. The average molecular weight is 438 g/mol. The van der Waals surface area contributed by atoms with E-state index in [0.717, 1.165) is 0 Å². The van der Waals surface area contributed by atoms with Crippen LogP contribution in [0.1, 0.15) is 11.8 Å². The van der Waals surface area contributed by atoms with Gasteiger partial charge in [0.1, 0.15) is 18.5 Å². The Bertz CT molecular complexity index is 1180. The summed E-state index contributed by atoms with van der Waals surface area (Å²) >= 11 is 0. The lowest BCUT2D eigenvalue weighted by Gasteiger charge is -2.33. The molecule has 2 aromatic heterocycles. The molecule has 4 rings (SSSR count). The molecule has 1 aromatic carbocycles. The molecule has 1 aliphatic rings. The van der Waals surface area contributed by atoms with Crippen LogP contribution in [0, 0.1) is 5.82 Å². The Kier molecular flexibility index (Phi) is 6.22. The maximum absolute atomic E-state index is 13.9. The predicted octanol–water partition coefficient (Wildman–Crippen LogP) is 1.51. The van der Waals surface area contributed by atoms with Crippen LogP contribution in [-0.2, 0) is 16.1 Å². The van der Waals surface area contributed by atoms with Crippen LogP contribution in [0.4, 0.5) is 10.3 Å². The Morgan fingerprint density at radius 2 is 2.12 bits per heavy atom. The maximum Gasteiger partial charge on any atom is 0.347 e. The molecule has 3 heterocycles. The number of rotatable bonds is 5. The third kappa shape index (κ3) is 4.65. The van der Waals surface area contributed by atoms with E-state index < -0.39 is 11.8 Å². The molecular weight excluding hydrogens is 415 g/mol. The van der Waals surface area contributed by atoms with E-state index in [0.29, 0.717) is 35.9 Å². The number of ether oxygens (including phenoxy) is 1. The third-order valence-corrected chi connectivity index (χ3v) is 5.15. The minimum absolute atomic E-state index is 0.108. The highest BCUT2D eigenvalue weighted by molar-refractivity contribution is 5.76. The van der Waals surface area contributed by atoms with Crippen LogP contribution in [0.15, 0.2) is 53.7 Å². The van der Waals surface area contributed by atoms with Crippen molar-refractivity contribution < 1.29 is 13.9 Å². The van der Waals surface area contributed by atoms with E-state index in [9.17, 15) is 14.0 Å². The molecule has 0 bridgehead atoms. The summed E-state index contributed by atoms with van der Waals surface area (Å²) in [5, 5.41) is 0. The molecule has 0 saturated carbocycles. The molecule has 1 amide bonds. The predicted molar refractivity (Wildman–Crippen MR) is 116 cm³/mol. The molecule has 0 N–H and O–H groups in total. The Balaban J connectivity index is 1.63. The van der Waals surface area contributed by atoms with E-state index in [1.165, 1.54) is 29.1 Å². The summed E-state index contributed by atoms with van der Waals surface area (Å²) in [6.45, 7) is 0.844. The van der Waals surface area contributed by atoms with Gasteiger partial charge in [0.25, 0.3) is 0 Å². The van der Waals surface area contributed by atoms with Crippen LogP contribution in [0.25, 0.3) is 11.1 Å². The Morgan fingerprint density at radius 3 is 2.88 bits per heavy atom. The van der Waals surface area contributed by atoms with Crippen LogP contribution >= 0.6 is 0 Å². The van der Waals surface area contributed by atoms with E-state index in [1.807, 2.05) is 14.1 Å². The second kappa shape index (κ2) is 9.23. The van der Waals surface area contributed by atoms with Gasteiger partial charge in [0, 0.05) is 44.8 Å². The summed E-state index contributed by atoms with van der Waals surface area (Å²) in [6, 6.07) is 7.79. The molecule has 166 valence electrons. The van der Waals surface area contributed by atoms with Gasteiger partial charge in [-0.3, -0.25) is 9.36 Å². The fourth-order valence-corrected chi connectivity index (χ4v) is 3.52. The summed E-state index contributed by atoms with van der Waals surface area (Å²) in [6.07, 6.45) is 4.03. The number of halogens is 1. The first kappa shape index (κ1) is 21.6. The van der Waals surface area contributed by atoms with Crippen molar-refractivity contribution in [1.82, 2.24) is 24.4 Å². The summed E-state index contributed by atoms with van der Waals surface area (Å²) < 4.78 is 21.1. The van der Waals surface area contributed by atoms with Crippen molar-refractivity contribution in [2.75, 3.05) is 38.7 Å². The lowest BCUT2D eigenvalue weighted by molar-refractivity contribution is -0.139. The molecule has 0 spiro atoms. The van der Waals surface area contributed by atoms with Crippen LogP contribution in [-0.4, -0.2) is 64.1 Å². The smallest absolute Gasteiger partial charge is 0.347 e. The molecule has 9 nitrogen and oxygen atoms in total. The van der Waals surface area contributed by atoms with E-state index >= 15 is 0 Å². The number of nitrogens with zero attached hydrogens (tertiary/aromatic N) is 6. The lowest BCUT2D eigenvalue weighted by atomic mass is 10.0. The van der Waals surface area contributed by atoms with Crippen molar-refractivity contribution in [2.24, 2.45) is 0 Å². The fourth-order valence-electron chi connectivity index (χ4n) is 3.52. The average Bonchev–Trinajstić information content (AvgIpc) is 2.80. The molecule has 1 atom stereocenters. The van der Waals surface area contributed by atoms with Crippen molar-refractivity contribution in [3.8, 4) is 11.1 Å². The van der Waals surface area contributed by atoms with Gasteiger partial charge in [-0.15, -0.1) is 0 Å². The monoisotopic (exact) mass is 438 g/mol. The zero-order valence-corrected chi connectivity index (χ0v) is 17.8. The highest BCUT2D eigenvalue weighted by Crippen LogP contribution is 2.32. The van der Waals surface area contributed by atoms with E-state index in [2.05, 4.69) is 15.0 Å². The normalized spacial score (nSPS) is 16.1. The van der Waals surface area contributed by atoms with Crippen molar-refractivity contribution in [1.29, 1.82) is 0 Å². The molecule has 32 heavy (non-hydrogen) atoms. The summed E-state index contributed by atoms with van der Waals surface area (Å²) in [7, 11) is 3.65. The molecular formula is C22H23FN6O3. The van der Waals surface area contributed by atoms with E-state index in [-0.39, 0.29) is 24.8 Å². The number of benzene rings is 1. The number of aromatic nitrogens is 4. The van der Waals surface area contributed by atoms with Gasteiger partial charge in [-0.25, -0.2) is 24.1 Å².